The van der Waals surface area contributed by atoms with Crippen LogP contribution < -0.4 is 10.6 Å². The fourth-order valence-corrected chi connectivity index (χ4v) is 3.08. The van der Waals surface area contributed by atoms with Crippen molar-refractivity contribution < 1.29 is 14.0 Å². The van der Waals surface area contributed by atoms with Crippen molar-refractivity contribution in [1.29, 1.82) is 0 Å². The first-order valence-corrected chi connectivity index (χ1v) is 6.48. The van der Waals surface area contributed by atoms with Crippen molar-refractivity contribution in [2.45, 2.75) is 25.8 Å². The quantitative estimate of drug-likeness (QED) is 0.823. The van der Waals surface area contributed by atoms with Crippen molar-refractivity contribution in [3.05, 3.63) is 29.6 Å². The molecule has 19 heavy (non-hydrogen) atoms. The van der Waals surface area contributed by atoms with Crippen LogP contribution in [0.5, 0.6) is 0 Å². The Kier molecular flexibility index (Phi) is 2.86. The second-order valence-corrected chi connectivity index (χ2v) is 5.20. The lowest BCUT2D eigenvalue weighted by Gasteiger charge is -2.31. The predicted molar refractivity (Wildman–Crippen MR) is 67.6 cm³/mol. The second kappa shape index (κ2) is 4.42. The van der Waals surface area contributed by atoms with Crippen molar-refractivity contribution in [2.75, 3.05) is 4.90 Å². The van der Waals surface area contributed by atoms with Gasteiger partial charge in [-0.3, -0.25) is 9.59 Å². The predicted octanol–water partition coefficient (Wildman–Crippen LogP) is 1.57. The lowest BCUT2D eigenvalue weighted by Crippen LogP contribution is -2.47. The summed E-state index contributed by atoms with van der Waals surface area (Å²) in [5, 5.41) is 0. The zero-order valence-corrected chi connectivity index (χ0v) is 10.4. The number of fused-ring (bicyclic) bond motifs is 2. The molecule has 2 fully saturated rings. The molecule has 0 spiro atoms. The normalized spacial score (nSPS) is 26.1. The lowest BCUT2D eigenvalue weighted by molar-refractivity contribution is -0.133. The van der Waals surface area contributed by atoms with Crippen molar-refractivity contribution >= 4 is 17.5 Å². The SMILES string of the molecule is NCc1cc(F)ccc1N1C(=O)C2CCC(C2)C1=O. The van der Waals surface area contributed by atoms with E-state index in [0.717, 1.165) is 12.8 Å². The monoisotopic (exact) mass is 262 g/mol. The van der Waals surface area contributed by atoms with E-state index in [9.17, 15) is 14.0 Å². The Bertz CT molecular complexity index is 536. The summed E-state index contributed by atoms with van der Waals surface area (Å²) in [5.74, 6) is -0.888. The number of rotatable bonds is 2. The van der Waals surface area contributed by atoms with Gasteiger partial charge in [-0.25, -0.2) is 9.29 Å². The van der Waals surface area contributed by atoms with Crippen molar-refractivity contribution in [3.8, 4) is 0 Å². The van der Waals surface area contributed by atoms with Crippen molar-refractivity contribution in [1.82, 2.24) is 0 Å². The third-order valence-corrected chi connectivity index (χ3v) is 4.07. The molecule has 0 aromatic heterocycles. The molecule has 2 aliphatic rings. The number of hydrogen-bond acceptors (Lipinski definition) is 3. The van der Waals surface area contributed by atoms with Crippen molar-refractivity contribution in [3.63, 3.8) is 0 Å². The highest BCUT2D eigenvalue weighted by Gasteiger charge is 2.46. The fraction of sp³-hybridized carbons (Fsp3) is 0.429. The molecule has 1 aliphatic carbocycles. The zero-order chi connectivity index (χ0) is 13.6. The van der Waals surface area contributed by atoms with Gasteiger partial charge in [0.2, 0.25) is 11.8 Å². The smallest absolute Gasteiger partial charge is 0.236 e. The standard InChI is InChI=1S/C14H15FN2O2/c15-11-3-4-12(10(6-11)7-16)17-13(18)8-1-2-9(5-8)14(17)19/h3-4,6,8-9H,1-2,5,7,16H2. The van der Waals surface area contributed by atoms with Gasteiger partial charge in [-0.1, -0.05) is 0 Å². The van der Waals surface area contributed by atoms with Gasteiger partial charge in [0.1, 0.15) is 5.82 Å². The highest BCUT2D eigenvalue weighted by atomic mass is 19.1. The number of piperidine rings is 1. The number of carbonyl (C=O) groups excluding carboxylic acids is 2. The molecule has 100 valence electrons. The highest BCUT2D eigenvalue weighted by molar-refractivity contribution is 6.19. The average Bonchev–Trinajstić information content (AvgIpc) is 2.85. The minimum atomic E-state index is -0.413. The Morgan fingerprint density at radius 2 is 1.84 bits per heavy atom. The number of carbonyl (C=O) groups is 2. The van der Waals surface area contributed by atoms with E-state index in [0.29, 0.717) is 17.7 Å². The van der Waals surface area contributed by atoms with E-state index < -0.39 is 5.82 Å². The van der Waals surface area contributed by atoms with Crippen LogP contribution in [-0.4, -0.2) is 11.8 Å². The maximum Gasteiger partial charge on any atom is 0.236 e. The first-order chi connectivity index (χ1) is 9.11. The summed E-state index contributed by atoms with van der Waals surface area (Å²) >= 11 is 0. The molecule has 1 heterocycles. The molecule has 4 nitrogen and oxygen atoms in total. The van der Waals surface area contributed by atoms with Crippen LogP contribution in [0, 0.1) is 17.7 Å². The Hall–Kier alpha value is -1.75. The second-order valence-electron chi connectivity index (χ2n) is 5.20. The van der Waals surface area contributed by atoms with Crippen LogP contribution in [0.25, 0.3) is 0 Å². The summed E-state index contributed by atoms with van der Waals surface area (Å²) in [6, 6.07) is 4.01. The van der Waals surface area contributed by atoms with E-state index >= 15 is 0 Å². The van der Waals surface area contributed by atoms with Crippen LogP contribution in [0.1, 0.15) is 24.8 Å². The molecular formula is C14H15FN2O2. The van der Waals surface area contributed by atoms with E-state index in [1.54, 1.807) is 0 Å². The lowest BCUT2D eigenvalue weighted by atomic mass is 9.95. The molecule has 2 N–H and O–H groups in total. The number of amides is 2. The van der Waals surface area contributed by atoms with Gasteiger partial charge >= 0.3 is 0 Å². The van der Waals surface area contributed by atoms with Crippen LogP contribution in [-0.2, 0) is 16.1 Å². The van der Waals surface area contributed by atoms with Gasteiger partial charge in [0.25, 0.3) is 0 Å². The molecule has 3 rings (SSSR count). The molecule has 1 aromatic rings. The van der Waals surface area contributed by atoms with Gasteiger partial charge in [0.05, 0.1) is 5.69 Å². The topological polar surface area (TPSA) is 63.4 Å². The van der Waals surface area contributed by atoms with E-state index in [4.69, 9.17) is 5.73 Å². The van der Waals surface area contributed by atoms with Gasteiger partial charge in [0, 0.05) is 18.4 Å². The summed E-state index contributed by atoms with van der Waals surface area (Å²) in [5.41, 5.74) is 6.52. The first kappa shape index (κ1) is 12.3. The van der Waals surface area contributed by atoms with Gasteiger partial charge in [0.15, 0.2) is 0 Å². The number of nitrogens with zero attached hydrogens (tertiary/aromatic N) is 1. The van der Waals surface area contributed by atoms with Gasteiger partial charge in [-0.05, 0) is 43.0 Å². The van der Waals surface area contributed by atoms with Gasteiger partial charge < -0.3 is 5.73 Å². The fourth-order valence-electron chi connectivity index (χ4n) is 3.08. The third-order valence-electron chi connectivity index (χ3n) is 4.07. The van der Waals surface area contributed by atoms with Gasteiger partial charge in [-0.2, -0.15) is 0 Å². The summed E-state index contributed by atoms with van der Waals surface area (Å²) in [6.45, 7) is 0.0967. The third kappa shape index (κ3) is 1.85. The van der Waals surface area contributed by atoms with Crippen LogP contribution in [0.4, 0.5) is 10.1 Å². The molecule has 0 radical (unpaired) electrons. The van der Waals surface area contributed by atoms with E-state index in [-0.39, 0.29) is 30.2 Å². The Morgan fingerprint density at radius 1 is 1.21 bits per heavy atom. The van der Waals surface area contributed by atoms with Crippen LogP contribution in [0.15, 0.2) is 18.2 Å². The van der Waals surface area contributed by atoms with Crippen molar-refractivity contribution in [2.24, 2.45) is 17.6 Å². The molecule has 1 aliphatic heterocycles. The summed E-state index contributed by atoms with van der Waals surface area (Å²) in [4.78, 5) is 25.9. The minimum absolute atomic E-state index is 0.0709. The number of hydrogen-bond donors (Lipinski definition) is 1. The molecule has 2 atom stereocenters. The first-order valence-electron chi connectivity index (χ1n) is 6.48. The molecule has 1 saturated heterocycles. The summed E-state index contributed by atoms with van der Waals surface area (Å²) < 4.78 is 13.2. The number of anilines is 1. The van der Waals surface area contributed by atoms with Crippen LogP contribution in [0.2, 0.25) is 0 Å². The Balaban J connectivity index is 2.06. The maximum atomic E-state index is 13.2. The molecular weight excluding hydrogens is 247 g/mol. The number of imide groups is 1. The molecule has 5 heteroatoms. The van der Waals surface area contributed by atoms with Crippen LogP contribution >= 0.6 is 0 Å². The van der Waals surface area contributed by atoms with E-state index in [1.165, 1.54) is 23.1 Å². The number of nitrogens with two attached hydrogens (primary N) is 1. The summed E-state index contributed by atoms with van der Waals surface area (Å²) in [7, 11) is 0. The Labute approximate surface area is 110 Å². The zero-order valence-electron chi connectivity index (χ0n) is 10.4. The Morgan fingerprint density at radius 3 is 2.42 bits per heavy atom. The number of halogens is 1. The van der Waals surface area contributed by atoms with Crippen LogP contribution in [0.3, 0.4) is 0 Å². The van der Waals surface area contributed by atoms with E-state index in [1.807, 2.05) is 0 Å². The molecule has 1 saturated carbocycles. The molecule has 2 bridgehead atoms. The maximum absolute atomic E-state index is 13.2. The molecule has 2 unspecified atom stereocenters. The largest absolute Gasteiger partial charge is 0.326 e. The average molecular weight is 262 g/mol. The summed E-state index contributed by atoms with van der Waals surface area (Å²) in [6.07, 6.45) is 2.20. The van der Waals surface area contributed by atoms with E-state index in [2.05, 4.69) is 0 Å². The minimum Gasteiger partial charge on any atom is -0.326 e. The highest BCUT2D eigenvalue weighted by Crippen LogP contribution is 2.40. The van der Waals surface area contributed by atoms with Gasteiger partial charge in [-0.15, -0.1) is 0 Å². The molecule has 2 amide bonds. The number of benzene rings is 1. The molecule has 1 aromatic carbocycles.